The van der Waals surface area contributed by atoms with Gasteiger partial charge in [-0.3, -0.25) is 20.0 Å². The fourth-order valence-corrected chi connectivity index (χ4v) is 3.89. The van der Waals surface area contributed by atoms with E-state index in [0.717, 1.165) is 30.8 Å². The monoisotopic (exact) mass is 356 g/mol. The number of hydrogen-bond donors (Lipinski definition) is 3. The number of aryl methyl sites for hydroxylation is 3. The largest absolute Gasteiger partial charge is 0.296 e. The molecule has 0 saturated carbocycles. The molecule has 1 aromatic carbocycles. The minimum Gasteiger partial charge on any atom is -0.296 e. The van der Waals surface area contributed by atoms with Crippen LogP contribution in [0.25, 0.3) is 0 Å². The first kappa shape index (κ1) is 18.6. The molecule has 140 valence electrons. The third-order valence-electron chi connectivity index (χ3n) is 5.42. The van der Waals surface area contributed by atoms with E-state index in [4.69, 9.17) is 5.21 Å². The van der Waals surface area contributed by atoms with E-state index in [1.807, 2.05) is 0 Å². The van der Waals surface area contributed by atoms with Crippen LogP contribution in [0.1, 0.15) is 53.4 Å². The first-order valence-corrected chi connectivity index (χ1v) is 9.34. The van der Waals surface area contributed by atoms with E-state index in [1.54, 1.807) is 5.48 Å². The summed E-state index contributed by atoms with van der Waals surface area (Å²) in [5, 5.41) is 15.9. The minimum atomic E-state index is -0.346. The van der Waals surface area contributed by atoms with Gasteiger partial charge in [0.1, 0.15) is 0 Å². The van der Waals surface area contributed by atoms with Gasteiger partial charge < -0.3 is 0 Å². The number of rotatable bonds is 7. The summed E-state index contributed by atoms with van der Waals surface area (Å²) in [4.78, 5) is 13.7. The van der Waals surface area contributed by atoms with Crippen LogP contribution in [0.2, 0.25) is 0 Å². The topological polar surface area (TPSA) is 81.2 Å². The lowest BCUT2D eigenvalue weighted by atomic mass is 10.0. The highest BCUT2D eigenvalue weighted by molar-refractivity contribution is 5.74. The molecule has 2 aromatic rings. The molecule has 6 nitrogen and oxygen atoms in total. The number of amides is 1. The number of aromatic nitrogens is 2. The summed E-state index contributed by atoms with van der Waals surface area (Å²) >= 11 is 0. The van der Waals surface area contributed by atoms with E-state index in [0.29, 0.717) is 18.9 Å². The number of carbonyl (C=O) groups is 1. The highest BCUT2D eigenvalue weighted by atomic mass is 16.5. The Hall–Kier alpha value is -2.18. The molecule has 1 unspecified atom stereocenters. The van der Waals surface area contributed by atoms with Crippen molar-refractivity contribution in [2.45, 2.75) is 52.0 Å². The number of hydroxylamine groups is 1. The zero-order valence-corrected chi connectivity index (χ0v) is 15.6. The van der Waals surface area contributed by atoms with Crippen molar-refractivity contribution in [1.29, 1.82) is 0 Å². The lowest BCUT2D eigenvalue weighted by molar-refractivity contribution is -0.129. The maximum absolute atomic E-state index is 11.1. The van der Waals surface area contributed by atoms with Crippen molar-refractivity contribution in [2.24, 2.45) is 0 Å². The van der Waals surface area contributed by atoms with E-state index < -0.39 is 0 Å². The van der Waals surface area contributed by atoms with Crippen LogP contribution in [-0.4, -0.2) is 39.3 Å². The second-order valence-electron chi connectivity index (χ2n) is 7.13. The van der Waals surface area contributed by atoms with Gasteiger partial charge in [-0.25, -0.2) is 5.48 Å². The number of aromatic amines is 1. The number of carbonyl (C=O) groups excluding carboxylic acids is 1. The Balaban J connectivity index is 1.60. The van der Waals surface area contributed by atoms with Crippen LogP contribution in [0.15, 0.2) is 24.3 Å². The molecular weight excluding hydrogens is 328 g/mol. The molecule has 0 aliphatic carbocycles. The van der Waals surface area contributed by atoms with Crippen LogP contribution >= 0.6 is 0 Å². The lowest BCUT2D eigenvalue weighted by Gasteiger charge is -2.25. The third-order valence-corrected chi connectivity index (χ3v) is 5.42. The van der Waals surface area contributed by atoms with Gasteiger partial charge in [-0.15, -0.1) is 0 Å². The molecule has 1 aliphatic heterocycles. The molecule has 1 saturated heterocycles. The van der Waals surface area contributed by atoms with Gasteiger partial charge in [0.2, 0.25) is 5.91 Å². The van der Waals surface area contributed by atoms with Gasteiger partial charge in [0.15, 0.2) is 0 Å². The molecule has 6 heteroatoms. The smallest absolute Gasteiger partial charge is 0.243 e. The van der Waals surface area contributed by atoms with Crippen LogP contribution in [0.5, 0.6) is 0 Å². The number of nitrogens with zero attached hydrogens (tertiary/aromatic N) is 2. The maximum atomic E-state index is 11.1. The van der Waals surface area contributed by atoms with Crippen molar-refractivity contribution in [1.82, 2.24) is 20.6 Å². The van der Waals surface area contributed by atoms with Crippen LogP contribution in [0.4, 0.5) is 0 Å². The molecule has 3 rings (SSSR count). The molecule has 0 bridgehead atoms. The molecule has 26 heavy (non-hydrogen) atoms. The Bertz CT molecular complexity index is 719. The highest BCUT2D eigenvalue weighted by Crippen LogP contribution is 2.32. The Labute approximate surface area is 154 Å². The van der Waals surface area contributed by atoms with E-state index in [1.165, 1.54) is 29.7 Å². The fourth-order valence-electron chi connectivity index (χ4n) is 3.89. The summed E-state index contributed by atoms with van der Waals surface area (Å²) in [6, 6.07) is 9.03. The highest BCUT2D eigenvalue weighted by Gasteiger charge is 2.26. The van der Waals surface area contributed by atoms with E-state index in [-0.39, 0.29) is 5.91 Å². The Kier molecular flexibility index (Phi) is 6.06. The summed E-state index contributed by atoms with van der Waals surface area (Å²) in [6.07, 6.45) is 4.38. The quantitative estimate of drug-likeness (QED) is 0.526. The van der Waals surface area contributed by atoms with Crippen molar-refractivity contribution in [3.05, 3.63) is 52.3 Å². The number of hydrogen-bond acceptors (Lipinski definition) is 4. The van der Waals surface area contributed by atoms with Crippen LogP contribution < -0.4 is 5.48 Å². The summed E-state index contributed by atoms with van der Waals surface area (Å²) in [6.45, 7) is 6.34. The Morgan fingerprint density at radius 3 is 2.73 bits per heavy atom. The normalized spacial score (nSPS) is 17.6. The predicted molar refractivity (Wildman–Crippen MR) is 100 cm³/mol. The Morgan fingerprint density at radius 2 is 2.08 bits per heavy atom. The number of nitrogens with one attached hydrogen (secondary N) is 2. The third kappa shape index (κ3) is 4.31. The molecule has 1 atom stereocenters. The van der Waals surface area contributed by atoms with Gasteiger partial charge in [-0.05, 0) is 62.8 Å². The SMILES string of the molecule is Cc1n[nH]c(C)c1CCN1CCCC1c1ccc(CCC(=O)NO)cc1. The van der Waals surface area contributed by atoms with Crippen molar-refractivity contribution >= 4 is 5.91 Å². The van der Waals surface area contributed by atoms with Gasteiger partial charge in [-0.2, -0.15) is 5.10 Å². The lowest BCUT2D eigenvalue weighted by Crippen LogP contribution is -2.26. The number of H-pyrrole nitrogens is 1. The molecule has 1 aliphatic rings. The number of benzene rings is 1. The summed E-state index contributed by atoms with van der Waals surface area (Å²) < 4.78 is 0. The standard InChI is InChI=1S/C20H28N4O2/c1-14-18(15(2)22-21-14)11-13-24-12-3-4-19(24)17-8-5-16(6-9-17)7-10-20(25)23-26/h5-6,8-9,19,26H,3-4,7,10-13H2,1-2H3,(H,21,22)(H,23,25). The molecule has 1 fully saturated rings. The van der Waals surface area contributed by atoms with Crippen molar-refractivity contribution in [2.75, 3.05) is 13.1 Å². The van der Waals surface area contributed by atoms with Gasteiger partial charge in [0.05, 0.1) is 5.69 Å². The van der Waals surface area contributed by atoms with Crippen molar-refractivity contribution < 1.29 is 10.0 Å². The Morgan fingerprint density at radius 1 is 1.31 bits per heavy atom. The first-order valence-electron chi connectivity index (χ1n) is 9.34. The van der Waals surface area contributed by atoms with Crippen molar-refractivity contribution in [3.63, 3.8) is 0 Å². The summed E-state index contributed by atoms with van der Waals surface area (Å²) in [5.74, 6) is -0.346. The molecule has 1 amide bonds. The second-order valence-corrected chi connectivity index (χ2v) is 7.13. The predicted octanol–water partition coefficient (Wildman–Crippen LogP) is 2.84. The zero-order chi connectivity index (χ0) is 18.5. The molecule has 0 spiro atoms. The molecule has 2 heterocycles. The van der Waals surface area contributed by atoms with Gasteiger partial charge in [-0.1, -0.05) is 24.3 Å². The van der Waals surface area contributed by atoms with Crippen molar-refractivity contribution in [3.8, 4) is 0 Å². The maximum Gasteiger partial charge on any atom is 0.243 e. The number of likely N-dealkylation sites (tertiary alicyclic amines) is 1. The van der Waals surface area contributed by atoms with Crippen LogP contribution in [0.3, 0.4) is 0 Å². The second kappa shape index (κ2) is 8.47. The first-order chi connectivity index (χ1) is 12.6. The van der Waals surface area contributed by atoms with Crippen LogP contribution in [-0.2, 0) is 17.6 Å². The molecule has 3 N–H and O–H groups in total. The van der Waals surface area contributed by atoms with E-state index >= 15 is 0 Å². The molecule has 0 radical (unpaired) electrons. The average Bonchev–Trinajstić information content (AvgIpc) is 3.25. The molecular formula is C20H28N4O2. The average molecular weight is 356 g/mol. The summed E-state index contributed by atoms with van der Waals surface area (Å²) in [7, 11) is 0. The zero-order valence-electron chi connectivity index (χ0n) is 15.6. The fraction of sp³-hybridized carbons (Fsp3) is 0.500. The molecule has 1 aromatic heterocycles. The van der Waals surface area contributed by atoms with Gasteiger partial charge >= 0.3 is 0 Å². The summed E-state index contributed by atoms with van der Waals surface area (Å²) in [5.41, 5.74) is 7.76. The van der Waals surface area contributed by atoms with Crippen LogP contribution in [0, 0.1) is 13.8 Å². The minimum absolute atomic E-state index is 0.300. The van der Waals surface area contributed by atoms with E-state index in [9.17, 15) is 4.79 Å². The van der Waals surface area contributed by atoms with Gasteiger partial charge in [0, 0.05) is 24.7 Å². The van der Waals surface area contributed by atoms with E-state index in [2.05, 4.69) is 53.2 Å². The van der Waals surface area contributed by atoms with Gasteiger partial charge in [0.25, 0.3) is 0 Å².